The van der Waals surface area contributed by atoms with Crippen molar-refractivity contribution in [2.24, 2.45) is 0 Å². The van der Waals surface area contributed by atoms with Crippen LogP contribution < -0.4 is 0 Å². The summed E-state index contributed by atoms with van der Waals surface area (Å²) < 4.78 is 0. The Morgan fingerprint density at radius 3 is 2.35 bits per heavy atom. The molecule has 0 unspecified atom stereocenters. The maximum atomic E-state index is 4.65. The molecule has 0 saturated heterocycles. The molecule has 0 aliphatic rings. The summed E-state index contributed by atoms with van der Waals surface area (Å²) in [7, 11) is 0. The zero-order valence-electron chi connectivity index (χ0n) is 13.2. The number of hydrogen-bond acceptors (Lipinski definition) is 1. The Bertz CT molecular complexity index is 966. The first-order valence-electron chi connectivity index (χ1n) is 8.12. The smallest absolute Gasteiger partial charge is 0.0416 e. The Labute approximate surface area is 136 Å². The van der Waals surface area contributed by atoms with Crippen molar-refractivity contribution < 1.29 is 0 Å². The van der Waals surface area contributed by atoms with E-state index in [0.717, 1.165) is 12.1 Å². The Kier molecular flexibility index (Phi) is 3.55. The number of aromatic nitrogens is 1. The Morgan fingerprint density at radius 2 is 1.48 bits per heavy atom. The van der Waals surface area contributed by atoms with Crippen LogP contribution in [-0.4, -0.2) is 4.98 Å². The van der Waals surface area contributed by atoms with Gasteiger partial charge in [0, 0.05) is 17.3 Å². The summed E-state index contributed by atoms with van der Waals surface area (Å²) in [6, 6.07) is 25.8. The fourth-order valence-corrected chi connectivity index (χ4v) is 3.34. The van der Waals surface area contributed by atoms with Crippen LogP contribution in [0.3, 0.4) is 0 Å². The molecule has 0 saturated carbocycles. The fraction of sp³-hybridized carbons (Fsp3) is 0.136. The lowest BCUT2D eigenvalue weighted by Crippen LogP contribution is -2.01. The van der Waals surface area contributed by atoms with Gasteiger partial charge in [-0.25, -0.2) is 0 Å². The molecular weight excluding hydrogens is 278 g/mol. The van der Waals surface area contributed by atoms with E-state index in [0.29, 0.717) is 5.92 Å². The highest BCUT2D eigenvalue weighted by molar-refractivity contribution is 5.86. The molecule has 0 aliphatic carbocycles. The van der Waals surface area contributed by atoms with Gasteiger partial charge in [0.15, 0.2) is 0 Å². The van der Waals surface area contributed by atoms with Crippen molar-refractivity contribution in [3.8, 4) is 0 Å². The van der Waals surface area contributed by atoms with Gasteiger partial charge < -0.3 is 0 Å². The number of pyridine rings is 1. The molecule has 0 radical (unpaired) electrons. The molecule has 1 aromatic heterocycles. The van der Waals surface area contributed by atoms with Gasteiger partial charge in [-0.3, -0.25) is 4.98 Å². The summed E-state index contributed by atoms with van der Waals surface area (Å²) in [6.07, 6.45) is 2.94. The number of nitrogens with zero attached hydrogens (tertiary/aromatic N) is 1. The second-order valence-corrected chi connectivity index (χ2v) is 6.20. The molecule has 3 aromatic carbocycles. The summed E-state index contributed by atoms with van der Waals surface area (Å²) in [5, 5.41) is 5.13. The second-order valence-electron chi connectivity index (χ2n) is 6.20. The van der Waals surface area contributed by atoms with Crippen LogP contribution in [0.25, 0.3) is 21.5 Å². The van der Waals surface area contributed by atoms with Gasteiger partial charge in [0.1, 0.15) is 0 Å². The van der Waals surface area contributed by atoms with Crippen LogP contribution in [0.4, 0.5) is 0 Å². The van der Waals surface area contributed by atoms with E-state index in [1.807, 2.05) is 6.20 Å². The first-order chi connectivity index (χ1) is 11.3. The SMILES string of the molecule is C[C@H](Cc1cc2ccccc2cn1)c1cccc2ccccc12. The molecule has 0 aliphatic heterocycles. The maximum absolute atomic E-state index is 4.65. The molecule has 4 aromatic rings. The molecule has 1 nitrogen and oxygen atoms in total. The summed E-state index contributed by atoms with van der Waals surface area (Å²) in [5.74, 6) is 0.440. The highest BCUT2D eigenvalue weighted by Crippen LogP contribution is 2.28. The van der Waals surface area contributed by atoms with E-state index in [-0.39, 0.29) is 0 Å². The minimum atomic E-state index is 0.440. The lowest BCUT2D eigenvalue weighted by atomic mass is 9.91. The van der Waals surface area contributed by atoms with Crippen molar-refractivity contribution in [2.75, 3.05) is 0 Å². The highest BCUT2D eigenvalue weighted by Gasteiger charge is 2.11. The van der Waals surface area contributed by atoms with Crippen molar-refractivity contribution >= 4 is 21.5 Å². The van der Waals surface area contributed by atoms with E-state index in [9.17, 15) is 0 Å². The van der Waals surface area contributed by atoms with E-state index in [2.05, 4.69) is 84.7 Å². The minimum Gasteiger partial charge on any atom is -0.261 e. The van der Waals surface area contributed by atoms with Crippen LogP contribution in [0, 0.1) is 0 Å². The van der Waals surface area contributed by atoms with Crippen LogP contribution in [0.2, 0.25) is 0 Å². The number of fused-ring (bicyclic) bond motifs is 2. The largest absolute Gasteiger partial charge is 0.261 e. The summed E-state index contributed by atoms with van der Waals surface area (Å²) in [6.45, 7) is 2.29. The standard InChI is InChI=1S/C22H19N/c1-16(21-12-6-10-17-7-4-5-11-22(17)21)13-20-14-18-8-2-3-9-19(18)15-23-20/h2-12,14-16H,13H2,1H3/t16-/m1/s1. The molecule has 4 rings (SSSR count). The monoisotopic (exact) mass is 297 g/mol. The third kappa shape index (κ3) is 2.70. The normalized spacial score (nSPS) is 12.6. The molecule has 0 spiro atoms. The topological polar surface area (TPSA) is 12.9 Å². The summed E-state index contributed by atoms with van der Waals surface area (Å²) in [4.78, 5) is 4.65. The molecule has 112 valence electrons. The fourth-order valence-electron chi connectivity index (χ4n) is 3.34. The predicted molar refractivity (Wildman–Crippen MR) is 97.8 cm³/mol. The van der Waals surface area contributed by atoms with Crippen LogP contribution in [0.15, 0.2) is 79.0 Å². The Balaban J connectivity index is 1.69. The van der Waals surface area contributed by atoms with Gasteiger partial charge in [-0.2, -0.15) is 0 Å². The van der Waals surface area contributed by atoms with E-state index >= 15 is 0 Å². The first-order valence-corrected chi connectivity index (χ1v) is 8.12. The number of hydrogen-bond donors (Lipinski definition) is 0. The number of rotatable bonds is 3. The zero-order chi connectivity index (χ0) is 15.6. The van der Waals surface area contributed by atoms with Crippen LogP contribution >= 0.6 is 0 Å². The molecule has 23 heavy (non-hydrogen) atoms. The molecular formula is C22H19N. The van der Waals surface area contributed by atoms with Gasteiger partial charge in [0.2, 0.25) is 0 Å². The molecule has 0 bridgehead atoms. The lowest BCUT2D eigenvalue weighted by Gasteiger charge is -2.15. The maximum Gasteiger partial charge on any atom is 0.0416 e. The lowest BCUT2D eigenvalue weighted by molar-refractivity contribution is 0.748. The predicted octanol–water partition coefficient (Wildman–Crippen LogP) is 5.73. The van der Waals surface area contributed by atoms with Gasteiger partial charge >= 0.3 is 0 Å². The van der Waals surface area contributed by atoms with E-state index < -0.39 is 0 Å². The van der Waals surface area contributed by atoms with Gasteiger partial charge in [0.05, 0.1) is 0 Å². The second kappa shape index (κ2) is 5.85. The van der Waals surface area contributed by atoms with Gasteiger partial charge in [-0.15, -0.1) is 0 Å². The van der Waals surface area contributed by atoms with E-state index in [4.69, 9.17) is 0 Å². The molecule has 0 fully saturated rings. The summed E-state index contributed by atoms with van der Waals surface area (Å²) >= 11 is 0. The molecule has 1 heterocycles. The highest BCUT2D eigenvalue weighted by atomic mass is 14.7. The van der Waals surface area contributed by atoms with E-state index in [1.54, 1.807) is 0 Å². The third-order valence-corrected chi connectivity index (χ3v) is 4.56. The van der Waals surface area contributed by atoms with Crippen LogP contribution in [0.1, 0.15) is 24.1 Å². The zero-order valence-corrected chi connectivity index (χ0v) is 13.2. The van der Waals surface area contributed by atoms with Gasteiger partial charge in [-0.1, -0.05) is 73.7 Å². The minimum absolute atomic E-state index is 0.440. The van der Waals surface area contributed by atoms with Crippen molar-refractivity contribution in [3.05, 3.63) is 90.3 Å². The van der Waals surface area contributed by atoms with Crippen molar-refractivity contribution in [1.82, 2.24) is 4.98 Å². The number of benzene rings is 3. The van der Waals surface area contributed by atoms with Gasteiger partial charge in [-0.05, 0) is 40.1 Å². The Hall–Kier alpha value is -2.67. The summed E-state index contributed by atoms with van der Waals surface area (Å²) in [5.41, 5.74) is 2.56. The van der Waals surface area contributed by atoms with Gasteiger partial charge in [0.25, 0.3) is 0 Å². The molecule has 0 amide bonds. The first kappa shape index (κ1) is 14.0. The molecule has 0 N–H and O–H groups in total. The average molecular weight is 297 g/mol. The van der Waals surface area contributed by atoms with Crippen LogP contribution in [-0.2, 0) is 6.42 Å². The average Bonchev–Trinajstić information content (AvgIpc) is 2.61. The third-order valence-electron chi connectivity index (χ3n) is 4.56. The van der Waals surface area contributed by atoms with E-state index in [1.165, 1.54) is 27.1 Å². The Morgan fingerprint density at radius 1 is 0.783 bits per heavy atom. The quantitative estimate of drug-likeness (QED) is 0.470. The van der Waals surface area contributed by atoms with Crippen molar-refractivity contribution in [2.45, 2.75) is 19.3 Å². The van der Waals surface area contributed by atoms with Crippen molar-refractivity contribution in [3.63, 3.8) is 0 Å². The van der Waals surface area contributed by atoms with Crippen LogP contribution in [0.5, 0.6) is 0 Å². The molecule has 1 atom stereocenters. The van der Waals surface area contributed by atoms with Crippen molar-refractivity contribution in [1.29, 1.82) is 0 Å². The molecule has 1 heteroatoms.